The highest BCUT2D eigenvalue weighted by molar-refractivity contribution is 5.93. The average molecular weight is 293 g/mol. The second-order valence-electron chi connectivity index (χ2n) is 6.17. The van der Waals surface area contributed by atoms with Gasteiger partial charge in [-0.15, -0.1) is 0 Å². The zero-order valence-electron chi connectivity index (χ0n) is 12.8. The van der Waals surface area contributed by atoms with E-state index in [0.29, 0.717) is 18.5 Å². The van der Waals surface area contributed by atoms with E-state index in [0.717, 1.165) is 6.42 Å². The number of nitrogens with zero attached hydrogens (tertiary/aromatic N) is 2. The van der Waals surface area contributed by atoms with Crippen molar-refractivity contribution in [2.24, 2.45) is 11.3 Å². The van der Waals surface area contributed by atoms with Gasteiger partial charge in [0.15, 0.2) is 0 Å². The maximum absolute atomic E-state index is 11.9. The molecule has 2 N–H and O–H groups in total. The van der Waals surface area contributed by atoms with E-state index in [4.69, 9.17) is 5.11 Å². The molecule has 0 saturated carbocycles. The molecular weight excluding hydrogens is 270 g/mol. The van der Waals surface area contributed by atoms with Crippen molar-refractivity contribution in [3.05, 3.63) is 24.3 Å². The highest BCUT2D eigenvalue weighted by Gasteiger charge is 2.24. The van der Waals surface area contributed by atoms with Crippen molar-refractivity contribution in [3.63, 3.8) is 0 Å². The Morgan fingerprint density at radius 2 is 1.86 bits per heavy atom. The Labute approximate surface area is 125 Å². The smallest absolute Gasteiger partial charge is 0.303 e. The van der Waals surface area contributed by atoms with E-state index in [1.165, 1.54) is 18.7 Å². The Morgan fingerprint density at radius 1 is 1.24 bits per heavy atom. The first-order valence-electron chi connectivity index (χ1n) is 7.05. The molecular formula is C15H23N3O3. The first kappa shape index (κ1) is 17.1. The molecule has 0 saturated heterocycles. The summed E-state index contributed by atoms with van der Waals surface area (Å²) >= 11 is 0. The largest absolute Gasteiger partial charge is 0.481 e. The number of nitrogens with one attached hydrogen (secondary N) is 1. The van der Waals surface area contributed by atoms with E-state index in [1.54, 1.807) is 0 Å². The molecule has 116 valence electrons. The van der Waals surface area contributed by atoms with Crippen LogP contribution in [0.15, 0.2) is 18.7 Å². The number of amides is 1. The maximum Gasteiger partial charge on any atom is 0.303 e. The summed E-state index contributed by atoms with van der Waals surface area (Å²) < 4.78 is 0. The molecule has 0 aliphatic heterocycles. The monoisotopic (exact) mass is 293 g/mol. The van der Waals surface area contributed by atoms with Crippen LogP contribution in [0.1, 0.15) is 50.4 Å². The van der Waals surface area contributed by atoms with Gasteiger partial charge in [0.05, 0.1) is 5.56 Å². The Hall–Kier alpha value is -1.98. The van der Waals surface area contributed by atoms with E-state index in [2.05, 4.69) is 36.1 Å². The second-order valence-corrected chi connectivity index (χ2v) is 6.17. The van der Waals surface area contributed by atoms with E-state index >= 15 is 0 Å². The molecule has 6 nitrogen and oxygen atoms in total. The molecule has 21 heavy (non-hydrogen) atoms. The summed E-state index contributed by atoms with van der Waals surface area (Å²) in [6.07, 6.45) is 5.82. The zero-order chi connectivity index (χ0) is 15.9. The minimum absolute atomic E-state index is 0.00996. The average Bonchev–Trinajstić information content (AvgIpc) is 2.41. The number of hydrogen-bond acceptors (Lipinski definition) is 4. The predicted molar refractivity (Wildman–Crippen MR) is 78.8 cm³/mol. The molecule has 1 aromatic rings. The van der Waals surface area contributed by atoms with Crippen LogP contribution in [0.5, 0.6) is 0 Å². The summed E-state index contributed by atoms with van der Waals surface area (Å²) in [6, 6.07) is 0. The van der Waals surface area contributed by atoms with Crippen LogP contribution in [0.3, 0.4) is 0 Å². The van der Waals surface area contributed by atoms with E-state index in [-0.39, 0.29) is 23.7 Å². The quantitative estimate of drug-likeness (QED) is 0.803. The van der Waals surface area contributed by atoms with Crippen molar-refractivity contribution >= 4 is 11.9 Å². The molecule has 0 fully saturated rings. The normalized spacial score (nSPS) is 12.7. The molecule has 6 heteroatoms. The molecule has 0 bridgehead atoms. The van der Waals surface area contributed by atoms with Crippen LogP contribution in [0, 0.1) is 11.3 Å². The fraction of sp³-hybridized carbons (Fsp3) is 0.600. The van der Waals surface area contributed by atoms with Gasteiger partial charge in [0, 0.05) is 25.4 Å². The fourth-order valence-corrected chi connectivity index (χ4v) is 2.19. The lowest BCUT2D eigenvalue weighted by molar-refractivity contribution is -0.137. The van der Waals surface area contributed by atoms with Crippen molar-refractivity contribution in [2.45, 2.75) is 40.0 Å². The van der Waals surface area contributed by atoms with Crippen molar-refractivity contribution in [2.75, 3.05) is 6.54 Å². The highest BCUT2D eigenvalue weighted by Crippen LogP contribution is 2.32. The molecule has 1 aromatic heterocycles. The molecule has 1 unspecified atom stereocenters. The second kappa shape index (κ2) is 7.71. The Balaban J connectivity index is 2.46. The van der Waals surface area contributed by atoms with E-state index < -0.39 is 5.97 Å². The van der Waals surface area contributed by atoms with E-state index in [9.17, 15) is 9.59 Å². The minimum atomic E-state index is -0.783. The summed E-state index contributed by atoms with van der Waals surface area (Å²) in [5.74, 6) is -0.753. The molecule has 1 amide bonds. The Kier molecular flexibility index (Phi) is 6.27. The van der Waals surface area contributed by atoms with Gasteiger partial charge in [-0.3, -0.25) is 9.59 Å². The summed E-state index contributed by atoms with van der Waals surface area (Å²) in [5.41, 5.74) is 0.436. The van der Waals surface area contributed by atoms with Crippen molar-refractivity contribution in [3.8, 4) is 0 Å². The lowest BCUT2D eigenvalue weighted by Gasteiger charge is -2.30. The van der Waals surface area contributed by atoms with Crippen LogP contribution < -0.4 is 5.32 Å². The molecule has 0 radical (unpaired) electrons. The van der Waals surface area contributed by atoms with Crippen molar-refractivity contribution < 1.29 is 14.7 Å². The summed E-state index contributed by atoms with van der Waals surface area (Å²) in [7, 11) is 0. The van der Waals surface area contributed by atoms with E-state index in [1.807, 2.05) is 0 Å². The van der Waals surface area contributed by atoms with Gasteiger partial charge in [-0.05, 0) is 24.2 Å². The number of rotatable bonds is 7. The standard InChI is InChI=1S/C15H23N3O3/c1-15(2,3)12(4-5-13(19)20)6-7-18-14(21)11-8-16-10-17-9-11/h8-10,12H,4-7H2,1-3H3,(H,18,21)(H,19,20). The maximum atomic E-state index is 11.9. The number of aromatic nitrogens is 2. The van der Waals surface area contributed by atoms with Crippen LogP contribution in [0.4, 0.5) is 0 Å². The molecule has 0 aromatic carbocycles. The van der Waals surface area contributed by atoms with Crippen LogP contribution >= 0.6 is 0 Å². The lowest BCUT2D eigenvalue weighted by Crippen LogP contribution is -2.30. The number of hydrogen-bond donors (Lipinski definition) is 2. The Bertz CT molecular complexity index is 469. The Morgan fingerprint density at radius 3 is 2.38 bits per heavy atom. The predicted octanol–water partition coefficient (Wildman–Crippen LogP) is 2.12. The van der Waals surface area contributed by atoms with Gasteiger partial charge >= 0.3 is 5.97 Å². The van der Waals surface area contributed by atoms with Gasteiger partial charge in [0.25, 0.3) is 5.91 Å². The fourth-order valence-electron chi connectivity index (χ4n) is 2.19. The zero-order valence-corrected chi connectivity index (χ0v) is 12.8. The van der Waals surface area contributed by atoms with Gasteiger partial charge in [-0.1, -0.05) is 20.8 Å². The number of carboxylic acids is 1. The summed E-state index contributed by atoms with van der Waals surface area (Å²) in [5, 5.41) is 11.6. The molecule has 1 heterocycles. The van der Waals surface area contributed by atoms with Crippen LogP contribution in [-0.4, -0.2) is 33.5 Å². The number of aliphatic carboxylic acids is 1. The molecule has 1 atom stereocenters. The highest BCUT2D eigenvalue weighted by atomic mass is 16.4. The summed E-state index contributed by atoms with van der Waals surface area (Å²) in [6.45, 7) is 6.78. The van der Waals surface area contributed by atoms with Crippen molar-refractivity contribution in [1.29, 1.82) is 0 Å². The number of carbonyl (C=O) groups excluding carboxylic acids is 1. The van der Waals surface area contributed by atoms with Gasteiger partial charge in [-0.2, -0.15) is 0 Å². The molecule has 1 rings (SSSR count). The molecule has 0 aliphatic rings. The SMILES string of the molecule is CC(C)(C)C(CCNC(=O)c1cncnc1)CCC(=O)O. The van der Waals surface area contributed by atoms with Gasteiger partial charge in [-0.25, -0.2) is 9.97 Å². The minimum Gasteiger partial charge on any atom is -0.481 e. The lowest BCUT2D eigenvalue weighted by atomic mass is 9.76. The number of carboxylic acid groups (broad SMARTS) is 1. The molecule has 0 aliphatic carbocycles. The van der Waals surface area contributed by atoms with Gasteiger partial charge in [0.2, 0.25) is 0 Å². The summed E-state index contributed by atoms with van der Waals surface area (Å²) in [4.78, 5) is 30.2. The van der Waals surface area contributed by atoms with Crippen molar-refractivity contribution in [1.82, 2.24) is 15.3 Å². The third kappa shape index (κ3) is 6.33. The topological polar surface area (TPSA) is 92.2 Å². The number of carbonyl (C=O) groups is 2. The third-order valence-electron chi connectivity index (χ3n) is 3.53. The third-order valence-corrected chi connectivity index (χ3v) is 3.53. The first-order chi connectivity index (χ1) is 9.80. The van der Waals surface area contributed by atoms with Crippen LogP contribution in [0.25, 0.3) is 0 Å². The van der Waals surface area contributed by atoms with Crippen LogP contribution in [-0.2, 0) is 4.79 Å². The molecule has 0 spiro atoms. The van der Waals surface area contributed by atoms with Crippen LogP contribution in [0.2, 0.25) is 0 Å². The van der Waals surface area contributed by atoms with Gasteiger partial charge < -0.3 is 10.4 Å². The first-order valence-corrected chi connectivity index (χ1v) is 7.05. The van der Waals surface area contributed by atoms with Gasteiger partial charge in [0.1, 0.15) is 6.33 Å².